The first-order valence-corrected chi connectivity index (χ1v) is 8.08. The van der Waals surface area contributed by atoms with Crippen LogP contribution in [-0.2, 0) is 10.0 Å². The maximum Gasteiger partial charge on any atom is 0.243 e. The second-order valence-corrected chi connectivity index (χ2v) is 7.73. The summed E-state index contributed by atoms with van der Waals surface area (Å²) >= 11 is 0. The van der Waals surface area contributed by atoms with Gasteiger partial charge in [-0.05, 0) is 57.4 Å². The fraction of sp³-hybridized carbons (Fsp3) is 0.571. The molecule has 4 nitrogen and oxygen atoms in total. The Labute approximate surface area is 119 Å². The standard InChI is InChI=1S/C14H20FNO3S/c1-10-9-11(6-7-12(10)15)20(18,19)16-8-4-5-13(16)14(2,3)17/h6-7,9,13,17H,4-5,8H2,1-3H3. The number of halogens is 1. The number of sulfonamides is 1. The smallest absolute Gasteiger partial charge is 0.243 e. The molecule has 6 heteroatoms. The van der Waals surface area contributed by atoms with Gasteiger partial charge in [0.15, 0.2) is 0 Å². The third-order valence-corrected chi connectivity index (χ3v) is 5.66. The Bertz CT molecular complexity index is 607. The van der Waals surface area contributed by atoms with Crippen LogP contribution in [0.5, 0.6) is 0 Å². The lowest BCUT2D eigenvalue weighted by molar-refractivity contribution is 0.0215. The third kappa shape index (κ3) is 2.73. The SMILES string of the molecule is Cc1cc(S(=O)(=O)N2CCCC2C(C)(C)O)ccc1F. The second-order valence-electron chi connectivity index (χ2n) is 5.84. The predicted octanol–water partition coefficient (Wildman–Crippen LogP) is 2.06. The molecule has 2 rings (SSSR count). The molecule has 1 atom stereocenters. The highest BCUT2D eigenvalue weighted by molar-refractivity contribution is 7.89. The second kappa shape index (κ2) is 5.09. The van der Waals surface area contributed by atoms with Crippen molar-refractivity contribution < 1.29 is 17.9 Å². The quantitative estimate of drug-likeness (QED) is 0.929. The van der Waals surface area contributed by atoms with Crippen molar-refractivity contribution >= 4 is 10.0 Å². The van der Waals surface area contributed by atoms with Crippen molar-refractivity contribution in [3.63, 3.8) is 0 Å². The van der Waals surface area contributed by atoms with E-state index in [4.69, 9.17) is 0 Å². The first-order valence-electron chi connectivity index (χ1n) is 6.64. The third-order valence-electron chi connectivity index (χ3n) is 3.76. The first-order chi connectivity index (χ1) is 9.14. The molecule has 1 heterocycles. The molecular weight excluding hydrogens is 281 g/mol. The summed E-state index contributed by atoms with van der Waals surface area (Å²) in [6.45, 7) is 5.14. The van der Waals surface area contributed by atoms with Gasteiger partial charge >= 0.3 is 0 Å². The molecule has 0 amide bonds. The van der Waals surface area contributed by atoms with Gasteiger partial charge in [0.1, 0.15) is 5.82 Å². The van der Waals surface area contributed by atoms with E-state index in [0.717, 1.165) is 6.07 Å². The van der Waals surface area contributed by atoms with Crippen molar-refractivity contribution in [2.75, 3.05) is 6.54 Å². The minimum atomic E-state index is -3.70. The Morgan fingerprint density at radius 3 is 2.60 bits per heavy atom. The van der Waals surface area contributed by atoms with Gasteiger partial charge in [0.2, 0.25) is 10.0 Å². The van der Waals surface area contributed by atoms with Crippen LogP contribution >= 0.6 is 0 Å². The van der Waals surface area contributed by atoms with E-state index in [1.807, 2.05) is 0 Å². The van der Waals surface area contributed by atoms with E-state index in [9.17, 15) is 17.9 Å². The van der Waals surface area contributed by atoms with Crippen molar-refractivity contribution in [1.82, 2.24) is 4.31 Å². The normalized spacial score (nSPS) is 21.4. The fourth-order valence-corrected chi connectivity index (χ4v) is 4.55. The molecule has 1 unspecified atom stereocenters. The van der Waals surface area contributed by atoms with Gasteiger partial charge in [-0.15, -0.1) is 0 Å². The molecule has 0 spiro atoms. The highest BCUT2D eigenvalue weighted by atomic mass is 32.2. The summed E-state index contributed by atoms with van der Waals surface area (Å²) in [5.41, 5.74) is -0.802. The summed E-state index contributed by atoms with van der Waals surface area (Å²) in [7, 11) is -3.70. The molecule has 20 heavy (non-hydrogen) atoms. The van der Waals surface area contributed by atoms with E-state index in [2.05, 4.69) is 0 Å². The minimum Gasteiger partial charge on any atom is -0.389 e. The van der Waals surface area contributed by atoms with Crippen LogP contribution in [0.1, 0.15) is 32.3 Å². The van der Waals surface area contributed by atoms with E-state index >= 15 is 0 Å². The van der Waals surface area contributed by atoms with Crippen LogP contribution in [0.25, 0.3) is 0 Å². The summed E-state index contributed by atoms with van der Waals surface area (Å²) < 4.78 is 39.9. The van der Waals surface area contributed by atoms with E-state index in [1.165, 1.54) is 23.4 Å². The minimum absolute atomic E-state index is 0.0764. The zero-order chi connectivity index (χ0) is 15.1. The van der Waals surface area contributed by atoms with Crippen LogP contribution in [0.2, 0.25) is 0 Å². The zero-order valence-electron chi connectivity index (χ0n) is 11.9. The maximum atomic E-state index is 13.3. The predicted molar refractivity (Wildman–Crippen MR) is 74.3 cm³/mol. The topological polar surface area (TPSA) is 57.6 Å². The van der Waals surface area contributed by atoms with Crippen molar-refractivity contribution in [2.45, 2.75) is 50.2 Å². The van der Waals surface area contributed by atoms with Crippen molar-refractivity contribution in [3.05, 3.63) is 29.6 Å². The summed E-state index contributed by atoms with van der Waals surface area (Å²) in [4.78, 5) is 0.0764. The molecular formula is C14H20FNO3S. The fourth-order valence-electron chi connectivity index (χ4n) is 2.65. The molecule has 1 aromatic carbocycles. The van der Waals surface area contributed by atoms with Gasteiger partial charge in [-0.1, -0.05) is 0 Å². The molecule has 1 aliphatic heterocycles. The molecule has 0 aromatic heterocycles. The molecule has 1 aliphatic rings. The van der Waals surface area contributed by atoms with E-state index in [0.29, 0.717) is 24.9 Å². The number of aliphatic hydroxyl groups is 1. The van der Waals surface area contributed by atoms with Gasteiger partial charge < -0.3 is 5.11 Å². The van der Waals surface area contributed by atoms with E-state index < -0.39 is 27.5 Å². The van der Waals surface area contributed by atoms with Crippen LogP contribution in [0.3, 0.4) is 0 Å². The molecule has 112 valence electrons. The average molecular weight is 301 g/mol. The Kier molecular flexibility index (Phi) is 3.92. The average Bonchev–Trinajstić information content (AvgIpc) is 2.82. The van der Waals surface area contributed by atoms with Gasteiger partial charge in [-0.2, -0.15) is 4.31 Å². The van der Waals surface area contributed by atoms with Gasteiger partial charge in [0.25, 0.3) is 0 Å². The van der Waals surface area contributed by atoms with E-state index in [1.54, 1.807) is 13.8 Å². The first kappa shape index (κ1) is 15.4. The van der Waals surface area contributed by atoms with Gasteiger partial charge in [-0.25, -0.2) is 12.8 Å². The van der Waals surface area contributed by atoms with Crippen molar-refractivity contribution in [1.29, 1.82) is 0 Å². The number of aryl methyl sites for hydroxylation is 1. The summed E-state index contributed by atoms with van der Waals surface area (Å²) in [5, 5.41) is 10.1. The molecule has 0 bridgehead atoms. The number of nitrogens with zero attached hydrogens (tertiary/aromatic N) is 1. The van der Waals surface area contributed by atoms with Crippen molar-refractivity contribution in [3.8, 4) is 0 Å². The summed E-state index contributed by atoms with van der Waals surface area (Å²) in [6, 6.07) is 3.33. The van der Waals surface area contributed by atoms with Crippen LogP contribution < -0.4 is 0 Å². The Morgan fingerprint density at radius 1 is 1.40 bits per heavy atom. The molecule has 1 aromatic rings. The van der Waals surface area contributed by atoms with Gasteiger partial charge in [0.05, 0.1) is 16.5 Å². The van der Waals surface area contributed by atoms with Crippen LogP contribution in [0, 0.1) is 12.7 Å². The zero-order valence-corrected chi connectivity index (χ0v) is 12.7. The Hall–Kier alpha value is -0.980. The molecule has 0 aliphatic carbocycles. The monoisotopic (exact) mass is 301 g/mol. The van der Waals surface area contributed by atoms with Gasteiger partial charge in [0, 0.05) is 6.54 Å². The highest BCUT2D eigenvalue weighted by Crippen LogP contribution is 2.32. The van der Waals surface area contributed by atoms with Gasteiger partial charge in [-0.3, -0.25) is 0 Å². The molecule has 1 fully saturated rings. The van der Waals surface area contributed by atoms with Crippen LogP contribution in [-0.4, -0.2) is 36.0 Å². The summed E-state index contributed by atoms with van der Waals surface area (Å²) in [5.74, 6) is -0.426. The maximum absolute atomic E-state index is 13.3. The van der Waals surface area contributed by atoms with Crippen molar-refractivity contribution in [2.24, 2.45) is 0 Å². The number of rotatable bonds is 3. The summed E-state index contributed by atoms with van der Waals surface area (Å²) in [6.07, 6.45) is 1.34. The molecule has 0 radical (unpaired) electrons. The van der Waals surface area contributed by atoms with E-state index in [-0.39, 0.29) is 4.90 Å². The molecule has 1 N–H and O–H groups in total. The number of hydrogen-bond acceptors (Lipinski definition) is 3. The Balaban J connectivity index is 2.41. The van der Waals surface area contributed by atoms with Crippen LogP contribution in [0.4, 0.5) is 4.39 Å². The number of benzene rings is 1. The Morgan fingerprint density at radius 2 is 2.05 bits per heavy atom. The molecule has 0 saturated carbocycles. The molecule has 1 saturated heterocycles. The largest absolute Gasteiger partial charge is 0.389 e. The van der Waals surface area contributed by atoms with Crippen LogP contribution in [0.15, 0.2) is 23.1 Å². The lowest BCUT2D eigenvalue weighted by atomic mass is 9.98. The lowest BCUT2D eigenvalue weighted by Gasteiger charge is -2.33. The highest BCUT2D eigenvalue weighted by Gasteiger charge is 2.42. The lowest BCUT2D eigenvalue weighted by Crippen LogP contribution is -2.48. The number of hydrogen-bond donors (Lipinski definition) is 1.